The summed E-state index contributed by atoms with van der Waals surface area (Å²) in [5.41, 5.74) is 0. The lowest BCUT2D eigenvalue weighted by molar-refractivity contribution is -0.127. The van der Waals surface area contributed by atoms with Crippen molar-refractivity contribution in [2.24, 2.45) is 0 Å². The van der Waals surface area contributed by atoms with Crippen LogP contribution < -0.4 is 0 Å². The molecule has 0 N–H and O–H groups in total. The summed E-state index contributed by atoms with van der Waals surface area (Å²) in [5, 5.41) is 0. The van der Waals surface area contributed by atoms with Crippen molar-refractivity contribution in [1.82, 2.24) is 9.80 Å². The molecule has 0 atom stereocenters. The largest absolute Gasteiger partial charge is 0.346 e. The molecule has 0 saturated carbocycles. The van der Waals surface area contributed by atoms with Gasteiger partial charge in [0, 0.05) is 20.5 Å². The van der Waals surface area contributed by atoms with Crippen molar-refractivity contribution in [1.29, 1.82) is 0 Å². The normalized spacial score (nSPS) is 11.5. The van der Waals surface area contributed by atoms with Crippen molar-refractivity contribution < 1.29 is 4.79 Å². The van der Waals surface area contributed by atoms with Crippen LogP contribution in [0.4, 0.5) is 0 Å². The number of hydrogen-bond donors (Lipinski definition) is 0. The van der Waals surface area contributed by atoms with Crippen molar-refractivity contribution in [3.8, 4) is 0 Å². The molecule has 0 unspecified atom stereocenters. The SMILES string of the molecule is CCCCCCCCCCCCCCCCN(CCCCCCCCCCCCCCCC)CCCN(C)C(C)=O. The van der Waals surface area contributed by atoms with Gasteiger partial charge in [-0.2, -0.15) is 0 Å². The molecule has 0 bridgehead atoms. The van der Waals surface area contributed by atoms with Gasteiger partial charge in [0.05, 0.1) is 0 Å². The van der Waals surface area contributed by atoms with Crippen molar-refractivity contribution in [3.05, 3.63) is 0 Å². The first-order chi connectivity index (χ1) is 20.1. The van der Waals surface area contributed by atoms with E-state index in [1.165, 1.54) is 193 Å². The molecule has 0 aromatic carbocycles. The van der Waals surface area contributed by atoms with Crippen molar-refractivity contribution in [3.63, 3.8) is 0 Å². The summed E-state index contributed by atoms with van der Waals surface area (Å²) in [6.07, 6.45) is 41.1. The summed E-state index contributed by atoms with van der Waals surface area (Å²) in [6, 6.07) is 0. The molecule has 3 nitrogen and oxygen atoms in total. The Morgan fingerprint density at radius 1 is 0.366 bits per heavy atom. The standard InChI is InChI=1S/C38H78N2O/c1-5-7-9-11-13-15-17-19-21-23-25-27-29-31-35-40(37-33-34-39(4)38(3)41)36-32-30-28-26-24-22-20-18-16-14-12-10-8-6-2/h5-37H2,1-4H3. The van der Waals surface area contributed by atoms with E-state index in [2.05, 4.69) is 18.7 Å². The van der Waals surface area contributed by atoms with Crippen LogP contribution in [0.5, 0.6) is 0 Å². The highest BCUT2D eigenvalue weighted by atomic mass is 16.2. The Hall–Kier alpha value is -0.570. The summed E-state index contributed by atoms with van der Waals surface area (Å²) < 4.78 is 0. The van der Waals surface area contributed by atoms with Crippen LogP contribution in [0.25, 0.3) is 0 Å². The molecule has 0 aliphatic carbocycles. The Labute approximate surface area is 260 Å². The number of unbranched alkanes of at least 4 members (excludes halogenated alkanes) is 26. The predicted octanol–water partition coefficient (Wildman–Crippen LogP) is 12.1. The monoisotopic (exact) mass is 579 g/mol. The zero-order chi connectivity index (χ0) is 30.1. The van der Waals surface area contributed by atoms with E-state index in [1.807, 2.05) is 11.9 Å². The number of amides is 1. The molecule has 0 radical (unpaired) electrons. The first kappa shape index (κ1) is 40.4. The summed E-state index contributed by atoms with van der Waals surface area (Å²) in [5.74, 6) is 0.190. The van der Waals surface area contributed by atoms with Crippen LogP contribution in [-0.2, 0) is 4.79 Å². The summed E-state index contributed by atoms with van der Waals surface area (Å²) >= 11 is 0. The molecule has 41 heavy (non-hydrogen) atoms. The lowest BCUT2D eigenvalue weighted by Crippen LogP contribution is -2.31. The summed E-state index contributed by atoms with van der Waals surface area (Å²) in [7, 11) is 1.94. The molecule has 0 spiro atoms. The molecule has 3 heteroatoms. The van der Waals surface area contributed by atoms with Crippen molar-refractivity contribution in [2.75, 3.05) is 33.2 Å². The molecule has 0 aliphatic heterocycles. The third kappa shape index (κ3) is 32.2. The Morgan fingerprint density at radius 2 is 0.610 bits per heavy atom. The van der Waals surface area contributed by atoms with Crippen LogP contribution >= 0.6 is 0 Å². The van der Waals surface area contributed by atoms with Gasteiger partial charge in [0.15, 0.2) is 0 Å². The van der Waals surface area contributed by atoms with Crippen molar-refractivity contribution in [2.45, 2.75) is 207 Å². The van der Waals surface area contributed by atoms with Gasteiger partial charge in [-0.25, -0.2) is 0 Å². The number of nitrogens with zero attached hydrogens (tertiary/aromatic N) is 2. The number of rotatable bonds is 34. The lowest BCUT2D eigenvalue weighted by Gasteiger charge is -2.24. The van der Waals surface area contributed by atoms with E-state index in [4.69, 9.17) is 0 Å². The van der Waals surface area contributed by atoms with Crippen LogP contribution in [0.15, 0.2) is 0 Å². The molecular weight excluding hydrogens is 500 g/mol. The molecule has 1 amide bonds. The quantitative estimate of drug-likeness (QED) is 0.0709. The fourth-order valence-electron chi connectivity index (χ4n) is 6.08. The molecule has 246 valence electrons. The van der Waals surface area contributed by atoms with Gasteiger partial charge in [-0.3, -0.25) is 4.79 Å². The van der Waals surface area contributed by atoms with E-state index in [0.717, 1.165) is 19.5 Å². The van der Waals surface area contributed by atoms with Gasteiger partial charge in [-0.15, -0.1) is 0 Å². The average molecular weight is 579 g/mol. The molecular formula is C38H78N2O. The van der Waals surface area contributed by atoms with Gasteiger partial charge in [-0.05, 0) is 38.9 Å². The third-order valence-electron chi connectivity index (χ3n) is 9.16. The number of carbonyl (C=O) groups is 1. The lowest BCUT2D eigenvalue weighted by atomic mass is 10.0. The minimum atomic E-state index is 0.190. The molecule has 0 saturated heterocycles. The van der Waals surface area contributed by atoms with Crippen LogP contribution in [0, 0.1) is 0 Å². The second kappa shape index (κ2) is 33.9. The zero-order valence-electron chi connectivity index (χ0n) is 29.1. The topological polar surface area (TPSA) is 23.6 Å². The van der Waals surface area contributed by atoms with E-state index in [9.17, 15) is 4.79 Å². The second-order valence-electron chi connectivity index (χ2n) is 13.3. The van der Waals surface area contributed by atoms with Crippen LogP contribution in [0.3, 0.4) is 0 Å². The average Bonchev–Trinajstić information content (AvgIpc) is 2.96. The maximum Gasteiger partial charge on any atom is 0.219 e. The maximum absolute atomic E-state index is 11.6. The highest BCUT2D eigenvalue weighted by Crippen LogP contribution is 2.15. The maximum atomic E-state index is 11.6. The van der Waals surface area contributed by atoms with E-state index >= 15 is 0 Å². The number of carbonyl (C=O) groups excluding carboxylic acids is 1. The zero-order valence-corrected chi connectivity index (χ0v) is 29.1. The fraction of sp³-hybridized carbons (Fsp3) is 0.974. The highest BCUT2D eigenvalue weighted by molar-refractivity contribution is 5.72. The predicted molar refractivity (Wildman–Crippen MR) is 185 cm³/mol. The minimum absolute atomic E-state index is 0.190. The summed E-state index contributed by atoms with van der Waals surface area (Å²) in [4.78, 5) is 16.1. The minimum Gasteiger partial charge on any atom is -0.346 e. The number of hydrogen-bond acceptors (Lipinski definition) is 2. The Kier molecular flexibility index (Phi) is 33.5. The first-order valence-corrected chi connectivity index (χ1v) is 19.1. The van der Waals surface area contributed by atoms with E-state index in [0.29, 0.717) is 0 Å². The van der Waals surface area contributed by atoms with E-state index in [-0.39, 0.29) is 5.91 Å². The van der Waals surface area contributed by atoms with Gasteiger partial charge in [0.25, 0.3) is 0 Å². The Morgan fingerprint density at radius 3 is 0.878 bits per heavy atom. The molecule has 0 fully saturated rings. The van der Waals surface area contributed by atoms with Gasteiger partial charge < -0.3 is 9.80 Å². The molecule has 0 aromatic heterocycles. The molecule has 0 rings (SSSR count). The smallest absolute Gasteiger partial charge is 0.219 e. The van der Waals surface area contributed by atoms with Gasteiger partial charge >= 0.3 is 0 Å². The first-order valence-electron chi connectivity index (χ1n) is 19.1. The highest BCUT2D eigenvalue weighted by Gasteiger charge is 2.07. The van der Waals surface area contributed by atoms with E-state index < -0.39 is 0 Å². The Bertz CT molecular complexity index is 477. The Balaban J connectivity index is 3.81. The second-order valence-corrected chi connectivity index (χ2v) is 13.3. The van der Waals surface area contributed by atoms with Gasteiger partial charge in [0.1, 0.15) is 0 Å². The van der Waals surface area contributed by atoms with Gasteiger partial charge in [-0.1, -0.05) is 181 Å². The van der Waals surface area contributed by atoms with Crippen LogP contribution in [0.1, 0.15) is 207 Å². The molecule has 0 aliphatic rings. The van der Waals surface area contributed by atoms with Crippen molar-refractivity contribution >= 4 is 5.91 Å². The van der Waals surface area contributed by atoms with Crippen LogP contribution in [-0.4, -0.2) is 48.9 Å². The molecule has 0 heterocycles. The van der Waals surface area contributed by atoms with Gasteiger partial charge in [0.2, 0.25) is 5.91 Å². The fourth-order valence-corrected chi connectivity index (χ4v) is 6.08. The third-order valence-corrected chi connectivity index (χ3v) is 9.16. The summed E-state index contributed by atoms with van der Waals surface area (Å²) in [6.45, 7) is 10.8. The molecule has 0 aromatic rings. The van der Waals surface area contributed by atoms with Crippen LogP contribution in [0.2, 0.25) is 0 Å². The van der Waals surface area contributed by atoms with E-state index in [1.54, 1.807) is 6.92 Å².